The summed E-state index contributed by atoms with van der Waals surface area (Å²) in [6.07, 6.45) is 0. The van der Waals surface area contributed by atoms with Crippen molar-refractivity contribution in [1.29, 1.82) is 0 Å². The Hall–Kier alpha value is -2.29. The van der Waals surface area contributed by atoms with E-state index in [0.717, 1.165) is 16.9 Å². The average molecular weight is 296 g/mol. The molecule has 2 rings (SSSR count). The molecule has 1 N–H and O–H groups in total. The highest BCUT2D eigenvalue weighted by Crippen LogP contribution is 2.19. The Balaban J connectivity index is 2.05. The van der Waals surface area contributed by atoms with Crippen molar-refractivity contribution < 1.29 is 4.79 Å². The van der Waals surface area contributed by atoms with Gasteiger partial charge in [0.1, 0.15) is 0 Å². The molecular weight excluding hydrogens is 272 g/mol. The monoisotopic (exact) mass is 296 g/mol. The molecule has 1 amide bonds. The van der Waals surface area contributed by atoms with Crippen LogP contribution in [0.15, 0.2) is 36.4 Å². The average Bonchev–Trinajstić information content (AvgIpc) is 2.40. The van der Waals surface area contributed by atoms with Crippen molar-refractivity contribution in [3.8, 4) is 0 Å². The molecule has 0 fully saturated rings. The molecule has 0 saturated carbocycles. The van der Waals surface area contributed by atoms with E-state index in [1.165, 1.54) is 16.7 Å². The second-order valence-corrected chi connectivity index (χ2v) is 6.07. The van der Waals surface area contributed by atoms with Crippen LogP contribution >= 0.6 is 0 Å². The lowest BCUT2D eigenvalue weighted by atomic mass is 10.1. The highest BCUT2D eigenvalue weighted by atomic mass is 16.2. The van der Waals surface area contributed by atoms with Gasteiger partial charge in [-0.1, -0.05) is 23.8 Å². The summed E-state index contributed by atoms with van der Waals surface area (Å²) in [5.41, 5.74) is 6.64. The Labute approximate surface area is 133 Å². The highest BCUT2D eigenvalue weighted by molar-refractivity contribution is 5.94. The topological polar surface area (TPSA) is 32.3 Å². The predicted molar refractivity (Wildman–Crippen MR) is 93.7 cm³/mol. The van der Waals surface area contributed by atoms with Gasteiger partial charge in [0.05, 0.1) is 6.54 Å². The van der Waals surface area contributed by atoms with E-state index in [1.54, 1.807) is 0 Å². The van der Waals surface area contributed by atoms with Gasteiger partial charge >= 0.3 is 0 Å². The number of likely N-dealkylation sites (N-methyl/N-ethyl adjacent to an activating group) is 1. The minimum absolute atomic E-state index is 0.00591. The third kappa shape index (κ3) is 4.10. The molecule has 0 aliphatic carbocycles. The third-order valence-electron chi connectivity index (χ3n) is 3.68. The number of anilines is 2. The van der Waals surface area contributed by atoms with Gasteiger partial charge in [0.15, 0.2) is 0 Å². The molecule has 0 bridgehead atoms. The largest absolute Gasteiger partial charge is 0.365 e. The maximum absolute atomic E-state index is 12.3. The number of carbonyl (C=O) groups excluding carboxylic acids is 1. The van der Waals surface area contributed by atoms with Gasteiger partial charge < -0.3 is 10.2 Å². The molecule has 0 radical (unpaired) electrons. The number of benzene rings is 2. The number of hydrogen-bond donors (Lipinski definition) is 1. The van der Waals surface area contributed by atoms with Crippen LogP contribution in [0.1, 0.15) is 22.3 Å². The maximum atomic E-state index is 12.3. The number of aryl methyl sites for hydroxylation is 4. The Morgan fingerprint density at radius 1 is 0.955 bits per heavy atom. The third-order valence-corrected chi connectivity index (χ3v) is 3.68. The summed E-state index contributed by atoms with van der Waals surface area (Å²) in [7, 11) is 1.94. The molecule has 0 saturated heterocycles. The van der Waals surface area contributed by atoms with Crippen LogP contribution in [-0.2, 0) is 4.79 Å². The zero-order valence-corrected chi connectivity index (χ0v) is 14.0. The van der Waals surface area contributed by atoms with Crippen molar-refractivity contribution in [3.05, 3.63) is 58.7 Å². The summed E-state index contributed by atoms with van der Waals surface area (Å²) in [5.74, 6) is -0.00591. The fourth-order valence-electron chi connectivity index (χ4n) is 2.62. The summed E-state index contributed by atoms with van der Waals surface area (Å²) in [6, 6.07) is 12.4. The number of hydrogen-bond acceptors (Lipinski definition) is 2. The SMILES string of the molecule is Cc1cc(C)cc(N(C)CC(=O)Nc2ccc(C)cc2C)c1. The van der Waals surface area contributed by atoms with Gasteiger partial charge in [-0.05, 0) is 62.6 Å². The molecule has 0 unspecified atom stereocenters. The van der Waals surface area contributed by atoms with Crippen molar-refractivity contribution in [2.75, 3.05) is 23.8 Å². The van der Waals surface area contributed by atoms with E-state index in [9.17, 15) is 4.79 Å². The maximum Gasteiger partial charge on any atom is 0.243 e. The van der Waals surface area contributed by atoms with Crippen LogP contribution in [0.25, 0.3) is 0 Å². The second-order valence-electron chi connectivity index (χ2n) is 6.07. The standard InChI is InChI=1S/C19H24N2O/c1-13-6-7-18(16(4)9-13)20-19(22)12-21(5)17-10-14(2)8-15(3)11-17/h6-11H,12H2,1-5H3,(H,20,22). The first-order valence-corrected chi connectivity index (χ1v) is 7.51. The smallest absolute Gasteiger partial charge is 0.243 e. The molecule has 116 valence electrons. The van der Waals surface area contributed by atoms with Crippen LogP contribution in [-0.4, -0.2) is 19.5 Å². The van der Waals surface area contributed by atoms with Gasteiger partial charge in [-0.15, -0.1) is 0 Å². The molecule has 0 heterocycles. The van der Waals surface area contributed by atoms with Gasteiger partial charge in [-0.25, -0.2) is 0 Å². The molecular formula is C19H24N2O. The first-order valence-electron chi connectivity index (χ1n) is 7.51. The summed E-state index contributed by atoms with van der Waals surface area (Å²) >= 11 is 0. The van der Waals surface area contributed by atoms with Crippen molar-refractivity contribution in [3.63, 3.8) is 0 Å². The van der Waals surface area contributed by atoms with E-state index in [4.69, 9.17) is 0 Å². The van der Waals surface area contributed by atoms with Crippen molar-refractivity contribution in [1.82, 2.24) is 0 Å². The molecule has 0 aliphatic heterocycles. The predicted octanol–water partition coefficient (Wildman–Crippen LogP) is 4.00. The fourth-order valence-corrected chi connectivity index (χ4v) is 2.62. The summed E-state index contributed by atoms with van der Waals surface area (Å²) in [5, 5.41) is 2.99. The van der Waals surface area contributed by atoms with Crippen molar-refractivity contribution in [2.45, 2.75) is 27.7 Å². The fraction of sp³-hybridized carbons (Fsp3) is 0.316. The van der Waals surface area contributed by atoms with Crippen LogP contribution in [0.2, 0.25) is 0 Å². The van der Waals surface area contributed by atoms with Gasteiger partial charge in [0, 0.05) is 18.4 Å². The first kappa shape index (κ1) is 16.1. The second kappa shape index (κ2) is 6.65. The molecule has 22 heavy (non-hydrogen) atoms. The van der Waals surface area contributed by atoms with Crippen LogP contribution in [0.3, 0.4) is 0 Å². The molecule has 0 aromatic heterocycles. The Bertz CT molecular complexity index is 672. The van der Waals surface area contributed by atoms with Gasteiger partial charge in [-0.2, -0.15) is 0 Å². The number of rotatable bonds is 4. The Kier molecular flexibility index (Phi) is 4.86. The molecule has 2 aromatic carbocycles. The Morgan fingerprint density at radius 2 is 1.59 bits per heavy atom. The molecule has 3 nitrogen and oxygen atoms in total. The zero-order chi connectivity index (χ0) is 16.3. The van der Waals surface area contributed by atoms with E-state index < -0.39 is 0 Å². The van der Waals surface area contributed by atoms with Crippen LogP contribution < -0.4 is 10.2 Å². The molecule has 0 aliphatic rings. The van der Waals surface area contributed by atoms with E-state index in [2.05, 4.69) is 43.4 Å². The molecule has 0 atom stereocenters. The van der Waals surface area contributed by atoms with Crippen molar-refractivity contribution in [2.24, 2.45) is 0 Å². The number of carbonyl (C=O) groups is 1. The molecule has 2 aromatic rings. The summed E-state index contributed by atoms with van der Waals surface area (Å²) in [6.45, 7) is 8.53. The van der Waals surface area contributed by atoms with Crippen molar-refractivity contribution >= 4 is 17.3 Å². The van der Waals surface area contributed by atoms with Crippen LogP contribution in [0.5, 0.6) is 0 Å². The zero-order valence-electron chi connectivity index (χ0n) is 14.0. The minimum atomic E-state index is -0.00591. The number of nitrogens with zero attached hydrogens (tertiary/aromatic N) is 1. The molecule has 0 spiro atoms. The lowest BCUT2D eigenvalue weighted by Gasteiger charge is -2.20. The quantitative estimate of drug-likeness (QED) is 0.925. The summed E-state index contributed by atoms with van der Waals surface area (Å²) in [4.78, 5) is 14.2. The normalized spacial score (nSPS) is 10.4. The van der Waals surface area contributed by atoms with Gasteiger partial charge in [-0.3, -0.25) is 4.79 Å². The number of amides is 1. The lowest BCUT2D eigenvalue weighted by molar-refractivity contribution is -0.114. The lowest BCUT2D eigenvalue weighted by Crippen LogP contribution is -2.30. The summed E-state index contributed by atoms with van der Waals surface area (Å²) < 4.78 is 0. The van der Waals surface area contributed by atoms with E-state index in [1.807, 2.05) is 37.9 Å². The van der Waals surface area contributed by atoms with Gasteiger partial charge in [0.25, 0.3) is 0 Å². The van der Waals surface area contributed by atoms with E-state index >= 15 is 0 Å². The Morgan fingerprint density at radius 3 is 2.18 bits per heavy atom. The van der Waals surface area contributed by atoms with Gasteiger partial charge in [0.2, 0.25) is 5.91 Å². The van der Waals surface area contributed by atoms with Crippen LogP contribution in [0.4, 0.5) is 11.4 Å². The minimum Gasteiger partial charge on any atom is -0.365 e. The first-order chi connectivity index (χ1) is 10.3. The van der Waals surface area contributed by atoms with Crippen LogP contribution in [0, 0.1) is 27.7 Å². The van der Waals surface area contributed by atoms with E-state index in [0.29, 0.717) is 6.54 Å². The molecule has 3 heteroatoms. The van der Waals surface area contributed by atoms with E-state index in [-0.39, 0.29) is 5.91 Å². The number of nitrogens with one attached hydrogen (secondary N) is 1. The highest BCUT2D eigenvalue weighted by Gasteiger charge is 2.10.